The van der Waals surface area contributed by atoms with Crippen LogP contribution in [-0.4, -0.2) is 19.1 Å². The minimum Gasteiger partial charge on any atom is -0.313 e. The van der Waals surface area contributed by atoms with Crippen molar-refractivity contribution in [2.24, 2.45) is 0 Å². The molecule has 15 heavy (non-hydrogen) atoms. The third-order valence-electron chi connectivity index (χ3n) is 2.11. The van der Waals surface area contributed by atoms with E-state index in [0.717, 1.165) is 24.7 Å². The highest BCUT2D eigenvalue weighted by Gasteiger charge is 2.04. The Labute approximate surface area is 101 Å². The Morgan fingerprint density at radius 1 is 1.40 bits per heavy atom. The number of nitrogens with one attached hydrogen (secondary N) is 2. The van der Waals surface area contributed by atoms with Crippen LogP contribution in [0.25, 0.3) is 0 Å². The Morgan fingerprint density at radius 2 is 2.13 bits per heavy atom. The fourth-order valence-electron chi connectivity index (χ4n) is 1.25. The Hall–Kier alpha value is -0.0900. The van der Waals surface area contributed by atoms with Crippen LogP contribution in [0, 0.1) is 6.92 Å². The molecule has 0 aliphatic heterocycles. The summed E-state index contributed by atoms with van der Waals surface area (Å²) < 4.78 is 0. The smallest absolute Gasteiger partial charge is 0.0587 e. The summed E-state index contributed by atoms with van der Waals surface area (Å²) in [4.78, 5) is 1.23. The lowest BCUT2D eigenvalue weighted by Gasteiger charge is -2.08. The van der Waals surface area contributed by atoms with Gasteiger partial charge in [0.1, 0.15) is 0 Å². The normalized spacial score (nSPS) is 11.3. The lowest BCUT2D eigenvalue weighted by Crippen LogP contribution is -2.31. The average Bonchev–Trinajstić information content (AvgIpc) is 2.48. The van der Waals surface area contributed by atoms with Gasteiger partial charge in [-0.1, -0.05) is 25.4 Å². The molecule has 0 fully saturated rings. The van der Waals surface area contributed by atoms with Gasteiger partial charge >= 0.3 is 0 Å². The second-order valence-electron chi connectivity index (χ2n) is 3.94. The van der Waals surface area contributed by atoms with Crippen LogP contribution in [0.4, 0.5) is 0 Å². The predicted octanol–water partition coefficient (Wildman–Crippen LogP) is 2.80. The number of hydrogen-bond donors (Lipinski definition) is 2. The minimum absolute atomic E-state index is 0.555. The molecule has 0 unspecified atom stereocenters. The Balaban J connectivity index is 2.18. The monoisotopic (exact) mass is 246 g/mol. The van der Waals surface area contributed by atoms with Gasteiger partial charge in [0, 0.05) is 30.6 Å². The molecule has 1 heterocycles. The molecule has 0 saturated heterocycles. The number of halogens is 1. The molecule has 2 N–H and O–H groups in total. The fraction of sp³-hybridized carbons (Fsp3) is 0.636. The highest BCUT2D eigenvalue weighted by atomic mass is 35.5. The largest absolute Gasteiger partial charge is 0.313 e. The predicted molar refractivity (Wildman–Crippen MR) is 68.9 cm³/mol. The maximum atomic E-state index is 6.13. The summed E-state index contributed by atoms with van der Waals surface area (Å²) in [6, 6.07) is 0.555. The molecule has 0 radical (unpaired) electrons. The van der Waals surface area contributed by atoms with Crippen molar-refractivity contribution in [1.29, 1.82) is 0 Å². The number of thiophene rings is 1. The molecule has 0 saturated carbocycles. The summed E-state index contributed by atoms with van der Waals surface area (Å²) in [5, 5.41) is 9.76. The van der Waals surface area contributed by atoms with Crippen molar-refractivity contribution in [3.8, 4) is 0 Å². The summed E-state index contributed by atoms with van der Waals surface area (Å²) in [6.07, 6.45) is 0. The van der Waals surface area contributed by atoms with E-state index in [1.807, 2.05) is 6.92 Å². The van der Waals surface area contributed by atoms with E-state index < -0.39 is 0 Å². The van der Waals surface area contributed by atoms with E-state index in [2.05, 4.69) is 29.9 Å². The van der Waals surface area contributed by atoms with Gasteiger partial charge < -0.3 is 10.6 Å². The molecular formula is C11H19ClN2S. The zero-order valence-corrected chi connectivity index (χ0v) is 11.1. The second-order valence-corrected chi connectivity index (χ2v) is 5.28. The summed E-state index contributed by atoms with van der Waals surface area (Å²) in [7, 11) is 0. The zero-order chi connectivity index (χ0) is 11.3. The summed E-state index contributed by atoms with van der Waals surface area (Å²) in [5.41, 5.74) is 1.18. The van der Waals surface area contributed by atoms with Crippen molar-refractivity contribution < 1.29 is 0 Å². The zero-order valence-electron chi connectivity index (χ0n) is 9.56. The molecule has 0 aromatic carbocycles. The third kappa shape index (κ3) is 4.51. The highest BCUT2D eigenvalue weighted by Crippen LogP contribution is 2.26. The van der Waals surface area contributed by atoms with E-state index in [1.54, 1.807) is 11.3 Å². The number of hydrogen-bond acceptors (Lipinski definition) is 3. The van der Waals surface area contributed by atoms with Crippen molar-refractivity contribution in [3.05, 3.63) is 20.8 Å². The molecule has 0 spiro atoms. The molecule has 0 bridgehead atoms. The van der Waals surface area contributed by atoms with Crippen molar-refractivity contribution >= 4 is 22.9 Å². The van der Waals surface area contributed by atoms with Crippen LogP contribution in [0.1, 0.15) is 24.3 Å². The van der Waals surface area contributed by atoms with E-state index in [1.165, 1.54) is 10.4 Å². The molecule has 1 aromatic heterocycles. The van der Waals surface area contributed by atoms with E-state index in [4.69, 9.17) is 11.6 Å². The van der Waals surface area contributed by atoms with Crippen LogP contribution in [-0.2, 0) is 6.54 Å². The summed E-state index contributed by atoms with van der Waals surface area (Å²) in [5.74, 6) is 0. The molecular weight excluding hydrogens is 228 g/mol. The van der Waals surface area contributed by atoms with Crippen LogP contribution in [0.2, 0.25) is 5.02 Å². The first kappa shape index (κ1) is 13.0. The van der Waals surface area contributed by atoms with E-state index in [9.17, 15) is 0 Å². The molecule has 0 atom stereocenters. The molecule has 2 nitrogen and oxygen atoms in total. The quantitative estimate of drug-likeness (QED) is 0.755. The lowest BCUT2D eigenvalue weighted by atomic mass is 10.3. The summed E-state index contributed by atoms with van der Waals surface area (Å²) >= 11 is 7.85. The minimum atomic E-state index is 0.555. The molecule has 0 amide bonds. The van der Waals surface area contributed by atoms with Crippen LogP contribution < -0.4 is 10.6 Å². The van der Waals surface area contributed by atoms with Crippen LogP contribution in [0.5, 0.6) is 0 Å². The van der Waals surface area contributed by atoms with Crippen LogP contribution in [0.15, 0.2) is 5.38 Å². The highest BCUT2D eigenvalue weighted by molar-refractivity contribution is 7.10. The summed E-state index contributed by atoms with van der Waals surface area (Å²) in [6.45, 7) is 9.20. The Bertz CT molecular complexity index is 297. The molecule has 0 aliphatic rings. The van der Waals surface area contributed by atoms with Gasteiger partial charge in [-0.05, 0) is 17.9 Å². The SMILES string of the molecule is Cc1csc(CNCCNC(C)C)c1Cl. The van der Waals surface area contributed by atoms with Gasteiger partial charge in [0.15, 0.2) is 0 Å². The topological polar surface area (TPSA) is 24.1 Å². The van der Waals surface area contributed by atoms with E-state index in [0.29, 0.717) is 6.04 Å². The second kappa shape index (κ2) is 6.48. The van der Waals surface area contributed by atoms with Gasteiger partial charge in [-0.3, -0.25) is 0 Å². The maximum Gasteiger partial charge on any atom is 0.0587 e. The molecule has 1 rings (SSSR count). The first-order valence-corrected chi connectivity index (χ1v) is 6.53. The van der Waals surface area contributed by atoms with Gasteiger partial charge in [-0.2, -0.15) is 0 Å². The average molecular weight is 247 g/mol. The van der Waals surface area contributed by atoms with E-state index in [-0.39, 0.29) is 0 Å². The van der Waals surface area contributed by atoms with Crippen molar-refractivity contribution in [2.45, 2.75) is 33.4 Å². The molecule has 4 heteroatoms. The van der Waals surface area contributed by atoms with Gasteiger partial charge in [0.2, 0.25) is 0 Å². The molecule has 1 aromatic rings. The maximum absolute atomic E-state index is 6.13. The van der Waals surface area contributed by atoms with Crippen LogP contribution in [0.3, 0.4) is 0 Å². The van der Waals surface area contributed by atoms with Crippen molar-refractivity contribution in [2.75, 3.05) is 13.1 Å². The Morgan fingerprint density at radius 3 is 2.67 bits per heavy atom. The number of rotatable bonds is 6. The molecule has 0 aliphatic carbocycles. The lowest BCUT2D eigenvalue weighted by molar-refractivity contribution is 0.557. The standard InChI is InChI=1S/C11H19ClN2S/c1-8(2)14-5-4-13-6-10-11(12)9(3)7-15-10/h7-8,13-14H,4-6H2,1-3H3. The van der Waals surface area contributed by atoms with Gasteiger partial charge in [-0.25, -0.2) is 0 Å². The van der Waals surface area contributed by atoms with Gasteiger partial charge in [0.05, 0.1) is 5.02 Å². The van der Waals surface area contributed by atoms with E-state index >= 15 is 0 Å². The first-order chi connectivity index (χ1) is 7.11. The van der Waals surface area contributed by atoms with Crippen LogP contribution >= 0.6 is 22.9 Å². The van der Waals surface area contributed by atoms with Gasteiger partial charge in [0.25, 0.3) is 0 Å². The number of aryl methyl sites for hydroxylation is 1. The molecule has 86 valence electrons. The van der Waals surface area contributed by atoms with Gasteiger partial charge in [-0.15, -0.1) is 11.3 Å². The Kier molecular flexibility index (Phi) is 5.61. The van der Waals surface area contributed by atoms with Crippen molar-refractivity contribution in [3.63, 3.8) is 0 Å². The fourth-order valence-corrected chi connectivity index (χ4v) is 2.46. The third-order valence-corrected chi connectivity index (χ3v) is 3.85. The first-order valence-electron chi connectivity index (χ1n) is 5.28. The van der Waals surface area contributed by atoms with Crippen molar-refractivity contribution in [1.82, 2.24) is 10.6 Å².